The molecule has 1 aliphatic rings. The minimum Gasteiger partial charge on any atom is -0.459 e. The first-order valence-corrected chi connectivity index (χ1v) is 5.91. The quantitative estimate of drug-likeness (QED) is 0.909. The first-order chi connectivity index (χ1) is 9.17. The monoisotopic (exact) mass is 290 g/mol. The maximum Gasteiger partial charge on any atom is 0.438 e. The number of aliphatic hydroxyl groups is 1. The van der Waals surface area contributed by atoms with Gasteiger partial charge in [0.1, 0.15) is 0 Å². The smallest absolute Gasteiger partial charge is 0.438 e. The van der Waals surface area contributed by atoms with Crippen molar-refractivity contribution < 1.29 is 27.5 Å². The highest BCUT2D eigenvalue weighted by Crippen LogP contribution is 2.41. The second kappa shape index (κ2) is 4.62. The summed E-state index contributed by atoms with van der Waals surface area (Å²) >= 11 is 0. The molecular weight excluding hydrogens is 277 g/mol. The van der Waals surface area contributed by atoms with Crippen molar-refractivity contribution in [2.24, 2.45) is 11.0 Å². The molecule has 0 fully saturated rings. The third-order valence-electron chi connectivity index (χ3n) is 3.05. The van der Waals surface area contributed by atoms with Gasteiger partial charge in [-0.1, -0.05) is 13.8 Å². The summed E-state index contributed by atoms with van der Waals surface area (Å²) in [4.78, 5) is 12.0. The van der Waals surface area contributed by atoms with Crippen molar-refractivity contribution in [2.45, 2.75) is 32.2 Å². The molecule has 2 rings (SSSR count). The van der Waals surface area contributed by atoms with Crippen molar-refractivity contribution >= 4 is 11.6 Å². The van der Waals surface area contributed by atoms with Crippen LogP contribution in [0.3, 0.4) is 0 Å². The number of halogens is 3. The zero-order chi connectivity index (χ0) is 15.1. The molecule has 0 aromatic carbocycles. The van der Waals surface area contributed by atoms with Gasteiger partial charge in [-0.2, -0.15) is 23.3 Å². The molecule has 0 saturated carbocycles. The Morgan fingerprint density at radius 1 is 1.55 bits per heavy atom. The zero-order valence-electron chi connectivity index (χ0n) is 10.8. The third kappa shape index (κ3) is 2.20. The lowest BCUT2D eigenvalue weighted by Gasteiger charge is -2.32. The molecule has 0 saturated heterocycles. The van der Waals surface area contributed by atoms with Gasteiger partial charge in [-0.3, -0.25) is 4.79 Å². The normalized spacial score (nSPS) is 23.4. The lowest BCUT2D eigenvalue weighted by Crippen LogP contribution is -2.56. The Balaban J connectivity index is 2.42. The summed E-state index contributed by atoms with van der Waals surface area (Å²) in [7, 11) is 0. The van der Waals surface area contributed by atoms with E-state index in [0.29, 0.717) is 0 Å². The van der Waals surface area contributed by atoms with Gasteiger partial charge in [0.2, 0.25) is 0 Å². The Kier molecular flexibility index (Phi) is 3.37. The lowest BCUT2D eigenvalue weighted by molar-refractivity contribution is -0.297. The summed E-state index contributed by atoms with van der Waals surface area (Å²) in [5, 5.41) is 13.6. The van der Waals surface area contributed by atoms with Crippen LogP contribution < -0.4 is 0 Å². The molecule has 1 aromatic heterocycles. The summed E-state index contributed by atoms with van der Waals surface area (Å²) in [5.41, 5.74) is -3.24. The first kappa shape index (κ1) is 14.6. The second-order valence-electron chi connectivity index (χ2n) is 4.83. The van der Waals surface area contributed by atoms with E-state index in [4.69, 9.17) is 4.42 Å². The van der Waals surface area contributed by atoms with Crippen LogP contribution in [0.4, 0.5) is 13.2 Å². The van der Waals surface area contributed by atoms with Gasteiger partial charge in [0.05, 0.1) is 6.26 Å². The van der Waals surface area contributed by atoms with Gasteiger partial charge in [-0.15, -0.1) is 0 Å². The highest BCUT2D eigenvalue weighted by atomic mass is 19.4. The largest absolute Gasteiger partial charge is 0.459 e. The number of amides is 1. The van der Waals surface area contributed by atoms with Crippen molar-refractivity contribution in [3.8, 4) is 0 Å². The van der Waals surface area contributed by atoms with E-state index >= 15 is 0 Å². The molecule has 5 nitrogen and oxygen atoms in total. The molecule has 0 aliphatic carbocycles. The van der Waals surface area contributed by atoms with Crippen LogP contribution in [0.15, 0.2) is 27.9 Å². The van der Waals surface area contributed by atoms with E-state index in [-0.39, 0.29) is 22.4 Å². The van der Waals surface area contributed by atoms with E-state index in [1.54, 1.807) is 13.8 Å². The number of hydrazone groups is 1. The predicted molar refractivity (Wildman–Crippen MR) is 62.8 cm³/mol. The molecule has 20 heavy (non-hydrogen) atoms. The molecule has 1 amide bonds. The van der Waals surface area contributed by atoms with Crippen LogP contribution >= 0.6 is 0 Å². The van der Waals surface area contributed by atoms with Crippen LogP contribution in [0.1, 0.15) is 30.8 Å². The van der Waals surface area contributed by atoms with Crippen LogP contribution in [-0.4, -0.2) is 33.6 Å². The Hall–Kier alpha value is -1.83. The van der Waals surface area contributed by atoms with Gasteiger partial charge in [0.15, 0.2) is 5.76 Å². The SMILES string of the molecule is CC(C)C1=NN(C(=O)c2ccco2)C(O)(C(F)(F)F)C1. The summed E-state index contributed by atoms with van der Waals surface area (Å²) in [6, 6.07) is 2.57. The van der Waals surface area contributed by atoms with Gasteiger partial charge in [0, 0.05) is 12.1 Å². The van der Waals surface area contributed by atoms with Crippen molar-refractivity contribution in [1.82, 2.24) is 5.01 Å². The van der Waals surface area contributed by atoms with E-state index < -0.39 is 24.2 Å². The zero-order valence-corrected chi connectivity index (χ0v) is 10.8. The van der Waals surface area contributed by atoms with Crippen molar-refractivity contribution in [1.29, 1.82) is 0 Å². The average molecular weight is 290 g/mol. The molecule has 0 spiro atoms. The highest BCUT2D eigenvalue weighted by molar-refractivity contribution is 5.97. The van der Waals surface area contributed by atoms with Gasteiger partial charge in [0.25, 0.3) is 5.72 Å². The van der Waals surface area contributed by atoms with Crippen molar-refractivity contribution in [2.75, 3.05) is 0 Å². The number of nitrogens with zero attached hydrogens (tertiary/aromatic N) is 2. The third-order valence-corrected chi connectivity index (χ3v) is 3.05. The Bertz CT molecular complexity index is 537. The molecule has 0 bridgehead atoms. The minimum atomic E-state index is -5.02. The fourth-order valence-corrected chi connectivity index (χ4v) is 1.83. The maximum absolute atomic E-state index is 13.1. The number of carbonyl (C=O) groups excluding carboxylic acids is 1. The van der Waals surface area contributed by atoms with E-state index in [1.165, 1.54) is 12.1 Å². The summed E-state index contributed by atoms with van der Waals surface area (Å²) in [6.07, 6.45) is -4.63. The number of hydrogen-bond donors (Lipinski definition) is 1. The molecule has 8 heteroatoms. The van der Waals surface area contributed by atoms with E-state index in [1.807, 2.05) is 0 Å². The van der Waals surface area contributed by atoms with Crippen LogP contribution in [0, 0.1) is 5.92 Å². The number of rotatable bonds is 2. The van der Waals surface area contributed by atoms with Gasteiger partial charge in [-0.25, -0.2) is 0 Å². The first-order valence-electron chi connectivity index (χ1n) is 5.91. The van der Waals surface area contributed by atoms with E-state index in [0.717, 1.165) is 6.26 Å². The highest BCUT2D eigenvalue weighted by Gasteiger charge is 2.63. The summed E-state index contributed by atoms with van der Waals surface area (Å²) < 4.78 is 44.0. The van der Waals surface area contributed by atoms with Gasteiger partial charge < -0.3 is 9.52 Å². The fraction of sp³-hybridized carbons (Fsp3) is 0.500. The van der Waals surface area contributed by atoms with Crippen molar-refractivity contribution in [3.05, 3.63) is 24.2 Å². The fourth-order valence-electron chi connectivity index (χ4n) is 1.83. The summed E-state index contributed by atoms with van der Waals surface area (Å²) in [5.74, 6) is -1.77. The van der Waals surface area contributed by atoms with Crippen LogP contribution in [0.25, 0.3) is 0 Å². The van der Waals surface area contributed by atoms with Crippen molar-refractivity contribution in [3.63, 3.8) is 0 Å². The molecule has 1 atom stereocenters. The number of hydrogen-bond acceptors (Lipinski definition) is 4. The van der Waals surface area contributed by atoms with Crippen LogP contribution in [-0.2, 0) is 0 Å². The molecule has 1 aliphatic heterocycles. The Morgan fingerprint density at radius 2 is 2.20 bits per heavy atom. The number of alkyl halides is 3. The summed E-state index contributed by atoms with van der Waals surface area (Å²) in [6.45, 7) is 3.27. The molecule has 110 valence electrons. The Labute approximate surface area is 112 Å². The van der Waals surface area contributed by atoms with Gasteiger partial charge in [-0.05, 0) is 18.1 Å². The molecule has 2 heterocycles. The molecule has 0 radical (unpaired) electrons. The average Bonchev–Trinajstić information content (AvgIpc) is 2.94. The lowest BCUT2D eigenvalue weighted by atomic mass is 9.99. The van der Waals surface area contributed by atoms with Gasteiger partial charge >= 0.3 is 12.1 Å². The standard InChI is InChI=1S/C12H13F3N2O3/c1-7(2)8-6-11(19,12(13,14)15)17(16-8)10(18)9-4-3-5-20-9/h3-5,7,19H,6H2,1-2H3. The van der Waals surface area contributed by atoms with E-state index in [2.05, 4.69) is 5.10 Å². The topological polar surface area (TPSA) is 66.0 Å². The molecule has 1 unspecified atom stereocenters. The molecule has 1 N–H and O–H groups in total. The van der Waals surface area contributed by atoms with Crippen LogP contribution in [0.5, 0.6) is 0 Å². The predicted octanol–water partition coefficient (Wildman–Crippen LogP) is 2.39. The Morgan fingerprint density at radius 3 is 2.65 bits per heavy atom. The molecular formula is C12H13F3N2O3. The number of carbonyl (C=O) groups is 1. The number of furan rings is 1. The maximum atomic E-state index is 13.1. The second-order valence-corrected chi connectivity index (χ2v) is 4.83. The minimum absolute atomic E-state index is 0.0567. The van der Waals surface area contributed by atoms with E-state index in [9.17, 15) is 23.1 Å². The van der Waals surface area contributed by atoms with Crippen LogP contribution in [0.2, 0.25) is 0 Å². The molecule has 1 aromatic rings.